The maximum atomic E-state index is 13.0. The summed E-state index contributed by atoms with van der Waals surface area (Å²) < 4.78 is 33.6. The molecule has 2 aliphatic rings. The van der Waals surface area contributed by atoms with Gasteiger partial charge in [0.1, 0.15) is 55.4 Å². The molecule has 0 bridgehead atoms. The molecule has 7 N–H and O–H groups in total. The first-order chi connectivity index (χ1) is 36.0. The number of carbonyl (C=O) groups excluding carboxylic acids is 2. The number of ether oxygens (including phenoxy) is 6. The molecule has 2 rings (SSSR count). The van der Waals surface area contributed by atoms with Gasteiger partial charge in [-0.05, 0) is 70.6 Å². The normalized spacial score (nSPS) is 25.0. The van der Waals surface area contributed by atoms with Crippen molar-refractivity contribution >= 4 is 11.9 Å². The summed E-state index contributed by atoms with van der Waals surface area (Å²) in [5.41, 5.74) is 0. The Balaban J connectivity index is 1.77. The zero-order chi connectivity index (χ0) is 53.9. The van der Waals surface area contributed by atoms with Crippen molar-refractivity contribution in [3.8, 4) is 0 Å². The Hall–Kier alpha value is -2.54. The van der Waals surface area contributed by atoms with Gasteiger partial charge in [-0.15, -0.1) is 0 Å². The van der Waals surface area contributed by atoms with Crippen molar-refractivity contribution in [1.29, 1.82) is 0 Å². The van der Waals surface area contributed by atoms with Gasteiger partial charge in [-0.2, -0.15) is 0 Å². The van der Waals surface area contributed by atoms with Crippen LogP contribution in [0, 0.1) is 0 Å². The Bertz CT molecular complexity index is 1470. The van der Waals surface area contributed by atoms with E-state index in [2.05, 4.69) is 56.4 Å². The molecule has 4 unspecified atom stereocenters. The number of allylic oxidation sites excluding steroid dienone is 8. The molecule has 2 fully saturated rings. The zero-order valence-electron chi connectivity index (χ0n) is 45.8. The van der Waals surface area contributed by atoms with E-state index in [1.807, 2.05) is 6.08 Å². The molecule has 15 nitrogen and oxygen atoms in total. The van der Waals surface area contributed by atoms with Gasteiger partial charge in [0.05, 0.1) is 19.8 Å². The van der Waals surface area contributed by atoms with Gasteiger partial charge in [-0.1, -0.05) is 184 Å². The van der Waals surface area contributed by atoms with Crippen molar-refractivity contribution < 1.29 is 73.8 Å². The molecule has 11 atom stereocenters. The molecule has 74 heavy (non-hydrogen) atoms. The van der Waals surface area contributed by atoms with Crippen LogP contribution in [0.1, 0.15) is 219 Å². The van der Waals surface area contributed by atoms with Crippen LogP contribution in [-0.2, 0) is 38.0 Å². The molecular formula is C59H104O15. The quantitative estimate of drug-likeness (QED) is 0.0171. The van der Waals surface area contributed by atoms with E-state index in [0.29, 0.717) is 19.3 Å². The minimum Gasteiger partial charge on any atom is -0.462 e. The van der Waals surface area contributed by atoms with Crippen LogP contribution in [0.15, 0.2) is 48.6 Å². The van der Waals surface area contributed by atoms with Crippen molar-refractivity contribution in [3.05, 3.63) is 48.6 Å². The molecule has 0 amide bonds. The van der Waals surface area contributed by atoms with Gasteiger partial charge in [-0.25, -0.2) is 0 Å². The van der Waals surface area contributed by atoms with Crippen molar-refractivity contribution in [2.75, 3.05) is 26.4 Å². The Morgan fingerprint density at radius 3 is 1.32 bits per heavy atom. The SMILES string of the molecule is CCCCCCCC/C=C/C/C=C/C/C=C/CCCC(=O)O[C@@H](COC(=O)CCCCCCCCCCCCC/C=C/CCCCCCCC)CO[C@@H]1O[C@H](CO[C@@H]2O[C@H](CO)[C@H](O)C(O)C2O)[C@H](O)C(O)C1O. The first-order valence-electron chi connectivity index (χ1n) is 29.2. The van der Waals surface area contributed by atoms with Crippen molar-refractivity contribution in [2.24, 2.45) is 0 Å². The molecule has 2 saturated heterocycles. The lowest BCUT2D eigenvalue weighted by molar-refractivity contribution is -0.332. The molecular weight excluding hydrogens is 949 g/mol. The molecule has 2 heterocycles. The summed E-state index contributed by atoms with van der Waals surface area (Å²) in [5, 5.41) is 72.3. The Morgan fingerprint density at radius 2 is 0.824 bits per heavy atom. The van der Waals surface area contributed by atoms with Gasteiger partial charge in [0, 0.05) is 12.8 Å². The highest BCUT2D eigenvalue weighted by Gasteiger charge is 2.47. The number of hydrogen-bond acceptors (Lipinski definition) is 15. The number of aliphatic hydroxyl groups excluding tert-OH is 7. The third-order valence-corrected chi connectivity index (χ3v) is 13.8. The summed E-state index contributed by atoms with van der Waals surface area (Å²) in [4.78, 5) is 25.9. The monoisotopic (exact) mass is 1050 g/mol. The zero-order valence-corrected chi connectivity index (χ0v) is 45.8. The topological polar surface area (TPSA) is 231 Å². The van der Waals surface area contributed by atoms with Gasteiger partial charge >= 0.3 is 11.9 Å². The van der Waals surface area contributed by atoms with E-state index in [1.54, 1.807) is 0 Å². The second-order valence-corrected chi connectivity index (χ2v) is 20.5. The van der Waals surface area contributed by atoms with Crippen molar-refractivity contribution in [1.82, 2.24) is 0 Å². The van der Waals surface area contributed by atoms with Gasteiger partial charge in [0.2, 0.25) is 0 Å². The standard InChI is InChI=1S/C59H104O15/c1-3-5-7-9-11-13-15-17-19-21-22-23-24-26-27-29-31-33-35-37-39-41-50(61)69-44-47(72-51(62)42-40-38-36-34-32-30-28-25-20-18-16-14-12-10-8-6-4-2)45-70-58-57(68)55(66)53(64)49(74-58)46-71-59-56(67)54(65)52(63)48(43-60)73-59/h17-20,28,30,34,36,47-49,52-60,63-68H,3-16,21-27,29,31-33,35,37-46H2,1-2H3/b19-17+,20-18+,30-28+,36-34+/t47-,48+,49+,52-,53-,54?,55?,56?,57?,58+,59+/m0/s1. The van der Waals surface area contributed by atoms with E-state index in [-0.39, 0.29) is 19.4 Å². The maximum Gasteiger partial charge on any atom is 0.306 e. The van der Waals surface area contributed by atoms with E-state index in [9.17, 15) is 45.3 Å². The lowest BCUT2D eigenvalue weighted by Crippen LogP contribution is -2.61. The number of unbranched alkanes of at least 4 members (excludes halogenated alkanes) is 24. The Morgan fingerprint density at radius 1 is 0.432 bits per heavy atom. The fourth-order valence-electron chi connectivity index (χ4n) is 8.99. The summed E-state index contributed by atoms with van der Waals surface area (Å²) in [6, 6.07) is 0. The predicted octanol–water partition coefficient (Wildman–Crippen LogP) is 9.83. The van der Waals surface area contributed by atoms with E-state index < -0.39 is 99.3 Å². The fourth-order valence-corrected chi connectivity index (χ4v) is 8.99. The van der Waals surface area contributed by atoms with Gasteiger partial charge in [-0.3, -0.25) is 9.59 Å². The highest BCUT2D eigenvalue weighted by molar-refractivity contribution is 5.70. The van der Waals surface area contributed by atoms with Crippen LogP contribution in [0.3, 0.4) is 0 Å². The molecule has 0 aromatic heterocycles. The minimum absolute atomic E-state index is 0.0934. The predicted molar refractivity (Wildman–Crippen MR) is 289 cm³/mol. The molecule has 0 radical (unpaired) electrons. The number of esters is 2. The van der Waals surface area contributed by atoms with Crippen LogP contribution in [0.4, 0.5) is 0 Å². The summed E-state index contributed by atoms with van der Waals surface area (Å²) in [6.45, 7) is 2.55. The molecule has 430 valence electrons. The highest BCUT2D eigenvalue weighted by atomic mass is 16.7. The van der Waals surface area contributed by atoms with Gasteiger partial charge in [0.15, 0.2) is 18.7 Å². The Kier molecular flexibility index (Phi) is 41.5. The minimum atomic E-state index is -1.77. The van der Waals surface area contributed by atoms with E-state index in [0.717, 1.165) is 38.5 Å². The van der Waals surface area contributed by atoms with Crippen molar-refractivity contribution in [3.63, 3.8) is 0 Å². The largest absolute Gasteiger partial charge is 0.462 e. The van der Waals surface area contributed by atoms with Crippen LogP contribution in [0.5, 0.6) is 0 Å². The molecule has 0 saturated carbocycles. The van der Waals surface area contributed by atoms with Crippen molar-refractivity contribution in [2.45, 2.75) is 287 Å². The average molecular weight is 1050 g/mol. The second kappa shape index (κ2) is 45.5. The number of hydrogen-bond donors (Lipinski definition) is 7. The number of rotatable bonds is 46. The lowest BCUT2D eigenvalue weighted by atomic mass is 9.98. The first kappa shape index (κ1) is 67.6. The van der Waals surface area contributed by atoms with Crippen LogP contribution < -0.4 is 0 Å². The smallest absolute Gasteiger partial charge is 0.306 e. The highest BCUT2D eigenvalue weighted by Crippen LogP contribution is 2.27. The molecule has 0 aliphatic carbocycles. The third-order valence-electron chi connectivity index (χ3n) is 13.8. The summed E-state index contributed by atoms with van der Waals surface area (Å²) in [6.07, 6.45) is 35.7. The summed E-state index contributed by atoms with van der Waals surface area (Å²) >= 11 is 0. The summed E-state index contributed by atoms with van der Waals surface area (Å²) in [5.74, 6) is -0.982. The van der Waals surface area contributed by atoms with Gasteiger partial charge < -0.3 is 64.2 Å². The fraction of sp³-hybridized carbons (Fsp3) is 0.831. The lowest BCUT2D eigenvalue weighted by Gasteiger charge is -2.42. The van der Waals surface area contributed by atoms with E-state index in [4.69, 9.17) is 28.4 Å². The van der Waals surface area contributed by atoms with Crippen LogP contribution in [0.2, 0.25) is 0 Å². The molecule has 2 aliphatic heterocycles. The maximum absolute atomic E-state index is 13.0. The summed E-state index contributed by atoms with van der Waals surface area (Å²) in [7, 11) is 0. The molecule has 0 aromatic rings. The van der Waals surface area contributed by atoms with Gasteiger partial charge in [0.25, 0.3) is 0 Å². The molecule has 15 heteroatoms. The average Bonchev–Trinajstić information content (AvgIpc) is 3.39. The van der Waals surface area contributed by atoms with E-state index in [1.165, 1.54) is 135 Å². The van der Waals surface area contributed by atoms with Crippen LogP contribution in [-0.4, -0.2) is 142 Å². The third kappa shape index (κ3) is 32.3. The second-order valence-electron chi connectivity index (χ2n) is 20.5. The first-order valence-corrected chi connectivity index (χ1v) is 29.2. The molecule has 0 aromatic carbocycles. The Labute approximate surface area is 446 Å². The molecule has 0 spiro atoms. The number of aliphatic hydroxyl groups is 7. The van der Waals surface area contributed by atoms with E-state index >= 15 is 0 Å². The van der Waals surface area contributed by atoms with Crippen LogP contribution in [0.25, 0.3) is 0 Å². The van der Waals surface area contributed by atoms with Crippen LogP contribution >= 0.6 is 0 Å². The number of carbonyl (C=O) groups is 2.